The zero-order valence-electron chi connectivity index (χ0n) is 23.5. The van der Waals surface area contributed by atoms with Gasteiger partial charge in [-0.2, -0.15) is 0 Å². The molecule has 34 heavy (non-hydrogen) atoms. The standard InChI is InChI=1S/C30H56O4/c1-29(2,3)25-33-27(31)23-21-19-17-15-13-11-9-7-8-10-12-14-16-18-20-22-24-28(32)34-26-30(4,5)6/h19,21H,7-18,20,22-26H2,1-6H3/b21-19+. The van der Waals surface area contributed by atoms with E-state index < -0.39 is 0 Å². The second kappa shape index (κ2) is 19.9. The highest BCUT2D eigenvalue weighted by Crippen LogP contribution is 2.16. The zero-order valence-corrected chi connectivity index (χ0v) is 23.5. The molecular formula is C30H56O4. The Morgan fingerprint density at radius 3 is 1.35 bits per heavy atom. The number of hydrogen-bond acceptors (Lipinski definition) is 4. The predicted octanol–water partition coefficient (Wildman–Crippen LogP) is 8.96. The molecule has 0 bridgehead atoms. The summed E-state index contributed by atoms with van der Waals surface area (Å²) in [5.41, 5.74) is 0.0867. The maximum absolute atomic E-state index is 11.7. The molecule has 0 aromatic carbocycles. The second-order valence-corrected chi connectivity index (χ2v) is 12.3. The van der Waals surface area contributed by atoms with E-state index in [2.05, 4.69) is 47.6 Å². The molecule has 0 unspecified atom stereocenters. The molecule has 0 amide bonds. The van der Waals surface area contributed by atoms with Crippen LogP contribution in [0.3, 0.4) is 0 Å². The van der Waals surface area contributed by atoms with Crippen LogP contribution in [0.2, 0.25) is 0 Å². The minimum atomic E-state index is -0.125. The summed E-state index contributed by atoms with van der Waals surface area (Å²) in [5.74, 6) is -0.167. The average Bonchev–Trinajstić information content (AvgIpc) is 2.74. The Morgan fingerprint density at radius 2 is 0.912 bits per heavy atom. The van der Waals surface area contributed by atoms with Crippen molar-refractivity contribution in [3.05, 3.63) is 12.2 Å². The smallest absolute Gasteiger partial charge is 0.309 e. The molecule has 0 fully saturated rings. The molecule has 0 aliphatic rings. The van der Waals surface area contributed by atoms with Gasteiger partial charge in [-0.15, -0.1) is 0 Å². The van der Waals surface area contributed by atoms with Crippen LogP contribution in [0.15, 0.2) is 12.2 Å². The molecule has 0 aliphatic carbocycles. The van der Waals surface area contributed by atoms with Crippen LogP contribution in [-0.2, 0) is 19.1 Å². The van der Waals surface area contributed by atoms with Gasteiger partial charge in [0.15, 0.2) is 0 Å². The van der Waals surface area contributed by atoms with Gasteiger partial charge in [-0.05, 0) is 30.1 Å². The molecule has 0 atom stereocenters. The third-order valence-corrected chi connectivity index (χ3v) is 5.54. The topological polar surface area (TPSA) is 52.6 Å². The third kappa shape index (κ3) is 26.9. The Hall–Kier alpha value is -1.32. The summed E-state index contributed by atoms with van der Waals surface area (Å²) in [7, 11) is 0. The molecule has 0 saturated carbocycles. The Kier molecular flexibility index (Phi) is 19.2. The van der Waals surface area contributed by atoms with Crippen LogP contribution < -0.4 is 0 Å². The van der Waals surface area contributed by atoms with Crippen molar-refractivity contribution >= 4 is 11.9 Å². The molecule has 0 heterocycles. The van der Waals surface area contributed by atoms with Crippen LogP contribution in [0.5, 0.6) is 0 Å². The molecular weight excluding hydrogens is 424 g/mol. The monoisotopic (exact) mass is 480 g/mol. The second-order valence-electron chi connectivity index (χ2n) is 12.3. The summed E-state index contributed by atoms with van der Waals surface area (Å²) in [4.78, 5) is 23.3. The first kappa shape index (κ1) is 32.7. The van der Waals surface area contributed by atoms with Crippen molar-refractivity contribution in [1.82, 2.24) is 0 Å². The summed E-state index contributed by atoms with van der Waals surface area (Å²) < 4.78 is 10.6. The van der Waals surface area contributed by atoms with Crippen LogP contribution in [0.4, 0.5) is 0 Å². The minimum Gasteiger partial charge on any atom is -0.465 e. The summed E-state index contributed by atoms with van der Waals surface area (Å²) in [6.07, 6.45) is 22.6. The lowest BCUT2D eigenvalue weighted by Gasteiger charge is -2.17. The highest BCUT2D eigenvalue weighted by atomic mass is 16.5. The summed E-state index contributed by atoms with van der Waals surface area (Å²) in [5, 5.41) is 0. The molecule has 0 N–H and O–H groups in total. The quantitative estimate of drug-likeness (QED) is 0.0991. The first-order chi connectivity index (χ1) is 16.0. The number of carbonyl (C=O) groups is 2. The van der Waals surface area contributed by atoms with Gasteiger partial charge >= 0.3 is 11.9 Å². The number of allylic oxidation sites excluding steroid dienone is 1. The van der Waals surface area contributed by atoms with E-state index in [0.717, 1.165) is 19.3 Å². The molecule has 0 saturated heterocycles. The number of carbonyl (C=O) groups excluding carboxylic acids is 2. The van der Waals surface area contributed by atoms with Gasteiger partial charge in [0.05, 0.1) is 19.6 Å². The van der Waals surface area contributed by atoms with Gasteiger partial charge in [0.25, 0.3) is 0 Å². The first-order valence-electron chi connectivity index (χ1n) is 14.0. The molecule has 0 aromatic heterocycles. The Balaban J connectivity index is 3.30. The maximum atomic E-state index is 11.7. The van der Waals surface area contributed by atoms with Crippen molar-refractivity contribution in [3.63, 3.8) is 0 Å². The van der Waals surface area contributed by atoms with E-state index in [1.807, 2.05) is 6.08 Å². The summed E-state index contributed by atoms with van der Waals surface area (Å²) in [6, 6.07) is 0. The molecule has 0 radical (unpaired) electrons. The van der Waals surface area contributed by atoms with E-state index >= 15 is 0 Å². The van der Waals surface area contributed by atoms with E-state index in [4.69, 9.17) is 9.47 Å². The Labute approximate surface area is 211 Å². The number of esters is 2. The molecule has 0 aromatic rings. The van der Waals surface area contributed by atoms with Crippen LogP contribution in [0.25, 0.3) is 0 Å². The van der Waals surface area contributed by atoms with Crippen LogP contribution in [0, 0.1) is 10.8 Å². The number of ether oxygens (including phenoxy) is 2. The molecule has 200 valence electrons. The lowest BCUT2D eigenvalue weighted by Crippen LogP contribution is -2.18. The molecule has 4 nitrogen and oxygen atoms in total. The van der Waals surface area contributed by atoms with Gasteiger partial charge in [-0.3, -0.25) is 9.59 Å². The summed E-state index contributed by atoms with van der Waals surface area (Å²) >= 11 is 0. The minimum absolute atomic E-state index is 0.0325. The fourth-order valence-electron chi connectivity index (χ4n) is 3.50. The average molecular weight is 481 g/mol. The van der Waals surface area contributed by atoms with E-state index in [9.17, 15) is 9.59 Å². The summed E-state index contributed by atoms with van der Waals surface area (Å²) in [6.45, 7) is 13.4. The lowest BCUT2D eigenvalue weighted by atomic mass is 9.99. The fraction of sp³-hybridized carbons (Fsp3) is 0.867. The van der Waals surface area contributed by atoms with Crippen molar-refractivity contribution in [2.24, 2.45) is 10.8 Å². The van der Waals surface area contributed by atoms with Crippen molar-refractivity contribution < 1.29 is 19.1 Å². The highest BCUT2D eigenvalue weighted by Gasteiger charge is 2.13. The fourth-order valence-corrected chi connectivity index (χ4v) is 3.50. The number of hydrogen-bond donors (Lipinski definition) is 0. The van der Waals surface area contributed by atoms with E-state index in [1.165, 1.54) is 70.6 Å². The predicted molar refractivity (Wildman–Crippen MR) is 144 cm³/mol. The highest BCUT2D eigenvalue weighted by molar-refractivity contribution is 5.71. The van der Waals surface area contributed by atoms with Gasteiger partial charge in [0.1, 0.15) is 0 Å². The number of unbranched alkanes of at least 4 members (excludes halogenated alkanes) is 13. The van der Waals surface area contributed by atoms with Gasteiger partial charge in [-0.25, -0.2) is 0 Å². The van der Waals surface area contributed by atoms with Crippen molar-refractivity contribution in [3.8, 4) is 0 Å². The van der Waals surface area contributed by atoms with Gasteiger partial charge in [0, 0.05) is 6.42 Å². The van der Waals surface area contributed by atoms with E-state index in [-0.39, 0.29) is 22.8 Å². The van der Waals surface area contributed by atoms with Crippen molar-refractivity contribution in [2.75, 3.05) is 13.2 Å². The largest absolute Gasteiger partial charge is 0.465 e. The van der Waals surface area contributed by atoms with Crippen molar-refractivity contribution in [1.29, 1.82) is 0 Å². The van der Waals surface area contributed by atoms with Crippen LogP contribution in [0.1, 0.15) is 144 Å². The van der Waals surface area contributed by atoms with Crippen LogP contribution >= 0.6 is 0 Å². The molecule has 4 heteroatoms. The van der Waals surface area contributed by atoms with Crippen molar-refractivity contribution in [2.45, 2.75) is 144 Å². The van der Waals surface area contributed by atoms with Crippen LogP contribution in [-0.4, -0.2) is 25.2 Å². The zero-order chi connectivity index (χ0) is 25.7. The molecule has 0 rings (SSSR count). The molecule has 0 spiro atoms. The van der Waals surface area contributed by atoms with E-state index in [0.29, 0.717) is 26.1 Å². The maximum Gasteiger partial charge on any atom is 0.309 e. The van der Waals surface area contributed by atoms with Gasteiger partial charge < -0.3 is 9.47 Å². The van der Waals surface area contributed by atoms with Gasteiger partial charge in [0.2, 0.25) is 0 Å². The lowest BCUT2D eigenvalue weighted by molar-refractivity contribution is -0.146. The Bertz CT molecular complexity index is 537. The van der Waals surface area contributed by atoms with E-state index in [1.54, 1.807) is 0 Å². The first-order valence-corrected chi connectivity index (χ1v) is 14.0. The third-order valence-electron chi connectivity index (χ3n) is 5.54. The Morgan fingerprint density at radius 1 is 0.529 bits per heavy atom. The van der Waals surface area contributed by atoms with Gasteiger partial charge in [-0.1, -0.05) is 124 Å². The number of rotatable bonds is 20. The molecule has 0 aliphatic heterocycles. The SMILES string of the molecule is CC(C)(C)COC(=O)C/C=C/CCCCCCCCCCCCCCCC(=O)OCC(C)(C)C. The normalized spacial score (nSPS) is 12.3.